The Balaban J connectivity index is 1.89. The minimum atomic E-state index is -3.59. The van der Waals surface area contributed by atoms with Crippen molar-refractivity contribution in [2.75, 3.05) is 33.8 Å². The normalized spacial score (nSPS) is 16.6. The summed E-state index contributed by atoms with van der Waals surface area (Å²) in [6.07, 6.45) is 3.56. The zero-order valence-corrected chi connectivity index (χ0v) is 14.5. The average Bonchev–Trinajstić information content (AvgIpc) is 2.60. The Labute approximate surface area is 141 Å². The van der Waals surface area contributed by atoms with Gasteiger partial charge in [0.2, 0.25) is 10.0 Å². The van der Waals surface area contributed by atoms with Crippen LogP contribution in [0.15, 0.2) is 29.4 Å². The summed E-state index contributed by atoms with van der Waals surface area (Å²) in [5.41, 5.74) is 0. The molecule has 132 valence electrons. The Morgan fingerprint density at radius 3 is 2.54 bits per heavy atom. The number of amides is 1. The molecule has 24 heavy (non-hydrogen) atoms. The highest BCUT2D eigenvalue weighted by molar-refractivity contribution is 7.89. The lowest BCUT2D eigenvalue weighted by Gasteiger charge is -2.30. The topological polar surface area (TPSA) is 96.9 Å². The van der Waals surface area contributed by atoms with Crippen LogP contribution in [-0.4, -0.2) is 68.3 Å². The fourth-order valence-corrected chi connectivity index (χ4v) is 3.79. The molecule has 0 spiro atoms. The first-order chi connectivity index (χ1) is 11.3. The predicted octanol–water partition coefficient (Wildman–Crippen LogP) is 0.114. The van der Waals surface area contributed by atoms with Crippen LogP contribution >= 0.6 is 0 Å². The Morgan fingerprint density at radius 1 is 1.33 bits per heavy atom. The Bertz CT molecular complexity index is 682. The van der Waals surface area contributed by atoms with Crippen LogP contribution in [0.3, 0.4) is 0 Å². The van der Waals surface area contributed by atoms with Gasteiger partial charge in [-0.3, -0.25) is 14.6 Å². The number of carbonyl (C=O) groups excluding carboxylic acids is 2. The van der Waals surface area contributed by atoms with Crippen LogP contribution in [0.25, 0.3) is 0 Å². The molecule has 2 rings (SSSR count). The molecule has 1 amide bonds. The van der Waals surface area contributed by atoms with Crippen LogP contribution in [0.1, 0.15) is 12.8 Å². The van der Waals surface area contributed by atoms with Crippen LogP contribution in [0.4, 0.5) is 0 Å². The molecule has 0 radical (unpaired) electrons. The molecule has 1 saturated heterocycles. The standard InChI is InChI=1S/C15H21N3O5S/c1-17(2)14(19)11-23-15(20)12-5-8-18(9-6-12)24(21,22)13-4-3-7-16-10-13/h3-4,7,10,12H,5-6,8-9,11H2,1-2H3. The quantitative estimate of drug-likeness (QED) is 0.696. The lowest BCUT2D eigenvalue weighted by Crippen LogP contribution is -2.41. The van der Waals surface area contributed by atoms with Gasteiger partial charge in [-0.1, -0.05) is 0 Å². The molecule has 0 saturated carbocycles. The first kappa shape index (κ1) is 18.3. The molecule has 2 heterocycles. The number of carbonyl (C=O) groups is 2. The number of pyridine rings is 1. The summed E-state index contributed by atoms with van der Waals surface area (Å²) in [6, 6.07) is 3.06. The molecule has 1 aliphatic heterocycles. The summed E-state index contributed by atoms with van der Waals surface area (Å²) in [6.45, 7) is 0.178. The molecule has 8 nitrogen and oxygen atoms in total. The maximum absolute atomic E-state index is 12.5. The largest absolute Gasteiger partial charge is 0.455 e. The zero-order chi connectivity index (χ0) is 17.7. The van der Waals surface area contributed by atoms with Gasteiger partial charge in [0.1, 0.15) is 4.90 Å². The number of sulfonamides is 1. The zero-order valence-electron chi connectivity index (χ0n) is 13.7. The lowest BCUT2D eigenvalue weighted by molar-refractivity contribution is -0.155. The number of ether oxygens (including phenoxy) is 1. The van der Waals surface area contributed by atoms with Gasteiger partial charge in [0, 0.05) is 39.6 Å². The van der Waals surface area contributed by atoms with Gasteiger partial charge in [-0.15, -0.1) is 0 Å². The van der Waals surface area contributed by atoms with E-state index in [9.17, 15) is 18.0 Å². The third-order valence-corrected chi connectivity index (χ3v) is 5.78. The highest BCUT2D eigenvalue weighted by atomic mass is 32.2. The maximum Gasteiger partial charge on any atom is 0.309 e. The van der Waals surface area contributed by atoms with Crippen molar-refractivity contribution in [2.24, 2.45) is 5.92 Å². The van der Waals surface area contributed by atoms with E-state index < -0.39 is 16.0 Å². The van der Waals surface area contributed by atoms with Crippen LogP contribution in [0, 0.1) is 5.92 Å². The smallest absolute Gasteiger partial charge is 0.309 e. The highest BCUT2D eigenvalue weighted by Crippen LogP contribution is 2.24. The van der Waals surface area contributed by atoms with E-state index in [1.807, 2.05) is 0 Å². The van der Waals surface area contributed by atoms with Gasteiger partial charge < -0.3 is 9.64 Å². The summed E-state index contributed by atoms with van der Waals surface area (Å²) >= 11 is 0. The number of hydrogen-bond donors (Lipinski definition) is 0. The van der Waals surface area contributed by atoms with Gasteiger partial charge in [0.15, 0.2) is 6.61 Å². The van der Waals surface area contributed by atoms with Crippen molar-refractivity contribution in [3.63, 3.8) is 0 Å². The Morgan fingerprint density at radius 2 is 2.00 bits per heavy atom. The van der Waals surface area contributed by atoms with Gasteiger partial charge in [-0.25, -0.2) is 8.42 Å². The molecule has 1 fully saturated rings. The van der Waals surface area contributed by atoms with Crippen LogP contribution in [-0.2, 0) is 24.3 Å². The summed E-state index contributed by atoms with van der Waals surface area (Å²) in [5.74, 6) is -1.14. The third-order valence-electron chi connectivity index (χ3n) is 3.90. The minimum Gasteiger partial charge on any atom is -0.455 e. The van der Waals surface area contributed by atoms with Crippen molar-refractivity contribution in [2.45, 2.75) is 17.7 Å². The molecule has 0 bridgehead atoms. The molecular weight excluding hydrogens is 334 g/mol. The molecule has 0 unspecified atom stereocenters. The highest BCUT2D eigenvalue weighted by Gasteiger charge is 2.33. The molecule has 0 atom stereocenters. The average molecular weight is 355 g/mol. The predicted molar refractivity (Wildman–Crippen MR) is 85.4 cm³/mol. The number of likely N-dealkylation sites (N-methyl/N-ethyl adjacent to an activating group) is 1. The van der Waals surface area contributed by atoms with Crippen molar-refractivity contribution in [1.82, 2.24) is 14.2 Å². The van der Waals surface area contributed by atoms with Crippen molar-refractivity contribution in [3.05, 3.63) is 24.5 Å². The number of nitrogens with zero attached hydrogens (tertiary/aromatic N) is 3. The summed E-state index contributed by atoms with van der Waals surface area (Å²) in [4.78, 5) is 28.7. The van der Waals surface area contributed by atoms with Gasteiger partial charge in [0.05, 0.1) is 5.92 Å². The fourth-order valence-electron chi connectivity index (χ4n) is 2.36. The van der Waals surface area contributed by atoms with Crippen molar-refractivity contribution in [3.8, 4) is 0 Å². The van der Waals surface area contributed by atoms with E-state index in [2.05, 4.69) is 4.98 Å². The SMILES string of the molecule is CN(C)C(=O)COC(=O)C1CCN(S(=O)(=O)c2cccnc2)CC1. The Kier molecular flexibility index (Phi) is 5.89. The molecule has 1 aromatic rings. The maximum atomic E-state index is 12.5. The lowest BCUT2D eigenvalue weighted by atomic mass is 9.98. The number of esters is 1. The van der Waals surface area contributed by atoms with E-state index >= 15 is 0 Å². The van der Waals surface area contributed by atoms with E-state index in [-0.39, 0.29) is 36.4 Å². The van der Waals surface area contributed by atoms with Crippen molar-refractivity contribution in [1.29, 1.82) is 0 Å². The third kappa shape index (κ3) is 4.30. The van der Waals surface area contributed by atoms with E-state index in [1.54, 1.807) is 20.2 Å². The molecular formula is C15H21N3O5S. The summed E-state index contributed by atoms with van der Waals surface area (Å²) < 4.78 is 31.3. The second-order valence-electron chi connectivity index (χ2n) is 5.76. The second-order valence-corrected chi connectivity index (χ2v) is 7.70. The first-order valence-electron chi connectivity index (χ1n) is 7.59. The number of piperidine rings is 1. The van der Waals surface area contributed by atoms with Crippen LogP contribution in [0.5, 0.6) is 0 Å². The van der Waals surface area contributed by atoms with Crippen molar-refractivity contribution >= 4 is 21.9 Å². The monoisotopic (exact) mass is 355 g/mol. The van der Waals surface area contributed by atoms with Crippen molar-refractivity contribution < 1.29 is 22.7 Å². The molecule has 0 aliphatic carbocycles. The van der Waals surface area contributed by atoms with E-state index in [0.717, 1.165) is 0 Å². The molecule has 1 aliphatic rings. The molecule has 1 aromatic heterocycles. The summed E-state index contributed by atoms with van der Waals surface area (Å²) in [5, 5.41) is 0. The number of hydrogen-bond acceptors (Lipinski definition) is 6. The minimum absolute atomic E-state index is 0.141. The molecule has 0 aromatic carbocycles. The van der Waals surface area contributed by atoms with Crippen LogP contribution in [0.2, 0.25) is 0 Å². The Hall–Kier alpha value is -2.00. The molecule has 9 heteroatoms. The van der Waals surface area contributed by atoms with Gasteiger partial charge in [-0.05, 0) is 25.0 Å². The fraction of sp³-hybridized carbons (Fsp3) is 0.533. The number of aromatic nitrogens is 1. The van der Waals surface area contributed by atoms with Gasteiger partial charge >= 0.3 is 5.97 Å². The second kappa shape index (κ2) is 7.71. The van der Waals surface area contributed by atoms with Crippen LogP contribution < -0.4 is 0 Å². The summed E-state index contributed by atoms with van der Waals surface area (Å²) in [7, 11) is -0.428. The number of rotatable bonds is 5. The van der Waals surface area contributed by atoms with E-state index in [1.165, 1.54) is 27.7 Å². The van der Waals surface area contributed by atoms with Gasteiger partial charge in [0.25, 0.3) is 5.91 Å². The van der Waals surface area contributed by atoms with E-state index in [0.29, 0.717) is 12.8 Å². The molecule has 0 N–H and O–H groups in total. The van der Waals surface area contributed by atoms with Gasteiger partial charge in [-0.2, -0.15) is 4.31 Å². The first-order valence-corrected chi connectivity index (χ1v) is 9.03. The van der Waals surface area contributed by atoms with E-state index in [4.69, 9.17) is 4.74 Å².